The maximum atomic E-state index is 12.2. The Bertz CT molecular complexity index is 592. The van der Waals surface area contributed by atoms with E-state index < -0.39 is 5.60 Å². The molecule has 7 atom stereocenters. The quantitative estimate of drug-likeness (QED) is 0.510. The molecule has 4 saturated carbocycles. The van der Waals surface area contributed by atoms with Crippen molar-refractivity contribution in [3.8, 4) is 0 Å². The zero-order valence-electron chi connectivity index (χ0n) is 15.3. The molecule has 4 aliphatic rings. The van der Waals surface area contributed by atoms with Crippen molar-refractivity contribution in [2.24, 2.45) is 34.5 Å². The molecule has 0 unspecified atom stereocenters. The van der Waals surface area contributed by atoms with Gasteiger partial charge in [0.25, 0.3) is 0 Å². The van der Waals surface area contributed by atoms with Gasteiger partial charge in [0.2, 0.25) is 0 Å². The highest BCUT2D eigenvalue weighted by molar-refractivity contribution is 5.96. The summed E-state index contributed by atoms with van der Waals surface area (Å²) in [6, 6.07) is 0. The van der Waals surface area contributed by atoms with Crippen LogP contribution in [0.2, 0.25) is 0 Å². The van der Waals surface area contributed by atoms with Gasteiger partial charge < -0.3 is 10.2 Å². The molecule has 2 N–H and O–H groups in total. The maximum Gasteiger partial charge on any atom is 0.162 e. The number of aliphatic hydroxyl groups is 2. The maximum absolute atomic E-state index is 12.2. The van der Waals surface area contributed by atoms with Crippen molar-refractivity contribution < 1.29 is 15.0 Å². The summed E-state index contributed by atoms with van der Waals surface area (Å²) >= 11 is 0. The molecule has 3 nitrogen and oxygen atoms in total. The third-order valence-corrected chi connectivity index (χ3v) is 9.14. The lowest BCUT2D eigenvalue weighted by Crippen LogP contribution is -2.56. The van der Waals surface area contributed by atoms with E-state index in [9.17, 15) is 15.0 Å². The third-order valence-electron chi connectivity index (χ3n) is 9.14. The van der Waals surface area contributed by atoms with Gasteiger partial charge in [-0.1, -0.05) is 13.8 Å². The van der Waals surface area contributed by atoms with Crippen molar-refractivity contribution in [1.82, 2.24) is 0 Å². The van der Waals surface area contributed by atoms with E-state index >= 15 is 0 Å². The Morgan fingerprint density at radius 2 is 1.75 bits per heavy atom. The summed E-state index contributed by atoms with van der Waals surface area (Å²) in [5.41, 5.74) is 0.304. The fourth-order valence-corrected chi connectivity index (χ4v) is 7.37. The number of rotatable bonds is 0. The molecule has 3 heteroatoms. The smallest absolute Gasteiger partial charge is 0.162 e. The van der Waals surface area contributed by atoms with Crippen molar-refractivity contribution in [3.05, 3.63) is 11.8 Å². The molecule has 0 saturated heterocycles. The van der Waals surface area contributed by atoms with E-state index in [2.05, 4.69) is 13.8 Å². The Labute approximate surface area is 145 Å². The molecule has 4 rings (SSSR count). The average molecular weight is 332 g/mol. The van der Waals surface area contributed by atoms with Gasteiger partial charge in [-0.2, -0.15) is 0 Å². The predicted octanol–water partition coefficient (Wildman–Crippen LogP) is 4.40. The van der Waals surface area contributed by atoms with Crippen LogP contribution >= 0.6 is 0 Å². The summed E-state index contributed by atoms with van der Waals surface area (Å²) in [5, 5.41) is 20.5. The first-order valence-electron chi connectivity index (χ1n) is 9.82. The van der Waals surface area contributed by atoms with Crippen molar-refractivity contribution in [1.29, 1.82) is 0 Å². The van der Waals surface area contributed by atoms with Gasteiger partial charge in [0.1, 0.15) is 0 Å². The van der Waals surface area contributed by atoms with Gasteiger partial charge >= 0.3 is 0 Å². The molecule has 0 heterocycles. The van der Waals surface area contributed by atoms with Crippen LogP contribution in [0, 0.1) is 34.5 Å². The number of carbonyl (C=O) groups is 1. The summed E-state index contributed by atoms with van der Waals surface area (Å²) in [5.74, 6) is 2.55. The fraction of sp³-hybridized carbons (Fsp3) is 0.857. The number of carbonyl (C=O) groups excluding carboxylic acids is 1. The first kappa shape index (κ1) is 16.6. The number of aliphatic hydroxyl groups excluding tert-OH is 1. The van der Waals surface area contributed by atoms with E-state index in [1.165, 1.54) is 6.42 Å². The van der Waals surface area contributed by atoms with Gasteiger partial charge in [0.15, 0.2) is 5.78 Å². The number of Topliss-reactive ketones (excluding diaryl/α,β-unsaturated/α-hetero) is 1. The van der Waals surface area contributed by atoms with Gasteiger partial charge in [-0.3, -0.25) is 4.79 Å². The first-order chi connectivity index (χ1) is 11.2. The van der Waals surface area contributed by atoms with Crippen molar-refractivity contribution >= 4 is 5.78 Å². The minimum Gasteiger partial charge on any atom is -0.515 e. The lowest BCUT2D eigenvalue weighted by atomic mass is 9.44. The summed E-state index contributed by atoms with van der Waals surface area (Å²) in [6.45, 7) is 6.74. The van der Waals surface area contributed by atoms with Gasteiger partial charge in [-0.25, -0.2) is 0 Å². The molecule has 0 aromatic heterocycles. The Kier molecular flexibility index (Phi) is 3.53. The van der Waals surface area contributed by atoms with E-state index in [-0.39, 0.29) is 16.6 Å². The molecule has 134 valence electrons. The standard InChI is InChI=1S/C21H32O3/c1-19-11-13(12-22)18(23)10-14(19)4-5-15-16(19)6-8-20(2)17(15)7-9-21(20,3)24/h12,14-17,22,24H,4-11H2,1-3H3/b13-12+/t14-,15-,16+,17+,19-,20-,21-/m0/s1. The average Bonchev–Trinajstić information content (AvgIpc) is 2.77. The lowest BCUT2D eigenvalue weighted by Gasteiger charge is -2.61. The zero-order chi connectivity index (χ0) is 17.3. The predicted molar refractivity (Wildman–Crippen MR) is 93.5 cm³/mol. The highest BCUT2D eigenvalue weighted by Gasteiger charge is 2.63. The van der Waals surface area contributed by atoms with Crippen LogP contribution in [-0.2, 0) is 4.79 Å². The first-order valence-corrected chi connectivity index (χ1v) is 9.82. The van der Waals surface area contributed by atoms with Crippen molar-refractivity contribution in [2.75, 3.05) is 0 Å². The van der Waals surface area contributed by atoms with Crippen LogP contribution < -0.4 is 0 Å². The highest BCUT2D eigenvalue weighted by atomic mass is 16.3. The molecule has 4 aliphatic carbocycles. The third kappa shape index (κ3) is 1.97. The Hall–Kier alpha value is -0.830. The fourth-order valence-electron chi connectivity index (χ4n) is 7.37. The van der Waals surface area contributed by atoms with Crippen LogP contribution in [0.4, 0.5) is 0 Å². The van der Waals surface area contributed by atoms with Crippen LogP contribution in [0.3, 0.4) is 0 Å². The minimum atomic E-state index is -0.529. The largest absolute Gasteiger partial charge is 0.515 e. The monoisotopic (exact) mass is 332 g/mol. The molecule has 24 heavy (non-hydrogen) atoms. The number of fused-ring (bicyclic) bond motifs is 5. The second-order valence-corrected chi connectivity index (χ2v) is 9.88. The van der Waals surface area contributed by atoms with Crippen molar-refractivity contribution in [3.63, 3.8) is 0 Å². The van der Waals surface area contributed by atoms with Crippen LogP contribution in [-0.4, -0.2) is 21.6 Å². The Morgan fingerprint density at radius 3 is 2.46 bits per heavy atom. The Morgan fingerprint density at radius 1 is 1.04 bits per heavy atom. The van der Waals surface area contributed by atoms with Gasteiger partial charge in [0.05, 0.1) is 11.9 Å². The highest BCUT2D eigenvalue weighted by Crippen LogP contribution is 2.68. The van der Waals surface area contributed by atoms with Gasteiger partial charge in [-0.15, -0.1) is 0 Å². The molecule has 0 spiro atoms. The van der Waals surface area contributed by atoms with Gasteiger partial charge in [0, 0.05) is 12.0 Å². The molecule has 0 radical (unpaired) electrons. The molecule has 0 aliphatic heterocycles. The van der Waals surface area contributed by atoms with Crippen LogP contribution in [0.1, 0.15) is 72.1 Å². The second-order valence-electron chi connectivity index (χ2n) is 9.88. The zero-order valence-corrected chi connectivity index (χ0v) is 15.3. The van der Waals surface area contributed by atoms with E-state index in [0.717, 1.165) is 44.8 Å². The molecule has 0 bridgehead atoms. The number of ketones is 1. The van der Waals surface area contributed by atoms with Crippen LogP contribution in [0.5, 0.6) is 0 Å². The number of hydrogen-bond acceptors (Lipinski definition) is 3. The summed E-state index contributed by atoms with van der Waals surface area (Å²) in [7, 11) is 0. The molecule has 0 aromatic carbocycles. The van der Waals surface area contributed by atoms with E-state index in [1.807, 2.05) is 6.92 Å². The molecule has 0 amide bonds. The Balaban J connectivity index is 1.67. The number of hydrogen-bond donors (Lipinski definition) is 2. The molecule has 0 aromatic rings. The topological polar surface area (TPSA) is 57.5 Å². The summed E-state index contributed by atoms with van der Waals surface area (Å²) in [4.78, 5) is 12.2. The molecule has 4 fully saturated rings. The van der Waals surface area contributed by atoms with Gasteiger partial charge in [-0.05, 0) is 86.4 Å². The van der Waals surface area contributed by atoms with Crippen LogP contribution in [0.25, 0.3) is 0 Å². The lowest BCUT2D eigenvalue weighted by molar-refractivity contribution is -0.147. The van der Waals surface area contributed by atoms with E-state index in [1.54, 1.807) is 0 Å². The van der Waals surface area contributed by atoms with Crippen LogP contribution in [0.15, 0.2) is 11.8 Å². The minimum absolute atomic E-state index is 0.0531. The molecular formula is C21H32O3. The summed E-state index contributed by atoms with van der Waals surface area (Å²) < 4.78 is 0. The van der Waals surface area contributed by atoms with Crippen molar-refractivity contribution in [2.45, 2.75) is 77.7 Å². The normalized spacial score (nSPS) is 55.8. The number of allylic oxidation sites excluding steroid dienone is 1. The van der Waals surface area contributed by atoms with E-state index in [4.69, 9.17) is 0 Å². The second kappa shape index (κ2) is 5.09. The van der Waals surface area contributed by atoms with E-state index in [0.29, 0.717) is 35.7 Å². The summed E-state index contributed by atoms with van der Waals surface area (Å²) in [6.07, 6.45) is 9.11. The molecular weight excluding hydrogens is 300 g/mol. The SMILES string of the molecule is C[C@]12C/C(=C\O)C(=O)C[C@@H]1CC[C@H]1[C@H]2CC[C@@]2(C)[C@@H]1CC[C@]2(C)O.